The molecule has 1 N–H and O–H groups in total. The first kappa shape index (κ1) is 17.2. The molecule has 1 aromatic carbocycles. The van der Waals surface area contributed by atoms with Gasteiger partial charge in [-0.05, 0) is 31.4 Å². The molecule has 1 aromatic rings. The summed E-state index contributed by atoms with van der Waals surface area (Å²) in [7, 11) is 0. The van der Waals surface area contributed by atoms with Crippen molar-refractivity contribution in [2.24, 2.45) is 0 Å². The molecule has 4 nitrogen and oxygen atoms in total. The zero-order chi connectivity index (χ0) is 15.8. The van der Waals surface area contributed by atoms with Gasteiger partial charge < -0.3 is 14.8 Å². The van der Waals surface area contributed by atoms with Crippen LogP contribution in [0.2, 0.25) is 5.02 Å². The summed E-state index contributed by atoms with van der Waals surface area (Å²) in [6.45, 7) is 2.50. The van der Waals surface area contributed by atoms with E-state index in [1.807, 2.05) is 0 Å². The van der Waals surface area contributed by atoms with Crippen LogP contribution in [0.15, 0.2) is 18.2 Å². The molecule has 0 aromatic heterocycles. The molecule has 6 heteroatoms. The average molecular weight is 330 g/mol. The molecule has 0 bridgehead atoms. The standard InChI is InChI=1S/C16H21ClFNO3/c17-14-5-1-6-15(18)13(14)10-16(20)19-7-3-8-21-11-12-4-2-9-22-12/h1,5-6,12H,2-4,7-11H2,(H,19,20). The van der Waals surface area contributed by atoms with Gasteiger partial charge in [-0.2, -0.15) is 0 Å². The van der Waals surface area contributed by atoms with Gasteiger partial charge in [-0.1, -0.05) is 17.7 Å². The number of benzene rings is 1. The maximum atomic E-state index is 13.6. The van der Waals surface area contributed by atoms with Gasteiger partial charge in [-0.25, -0.2) is 4.39 Å². The van der Waals surface area contributed by atoms with Crippen molar-refractivity contribution in [3.8, 4) is 0 Å². The summed E-state index contributed by atoms with van der Waals surface area (Å²) in [5.41, 5.74) is 0.233. The summed E-state index contributed by atoms with van der Waals surface area (Å²) in [5.74, 6) is -0.700. The maximum Gasteiger partial charge on any atom is 0.224 e. The fourth-order valence-electron chi connectivity index (χ4n) is 2.32. The van der Waals surface area contributed by atoms with Crippen molar-refractivity contribution in [3.63, 3.8) is 0 Å². The van der Waals surface area contributed by atoms with E-state index in [0.717, 1.165) is 19.4 Å². The van der Waals surface area contributed by atoms with Crippen molar-refractivity contribution in [1.82, 2.24) is 5.32 Å². The van der Waals surface area contributed by atoms with Crippen molar-refractivity contribution in [2.75, 3.05) is 26.4 Å². The Balaban J connectivity index is 1.57. The first-order chi connectivity index (χ1) is 10.7. The van der Waals surface area contributed by atoms with E-state index >= 15 is 0 Å². The number of carbonyl (C=O) groups is 1. The van der Waals surface area contributed by atoms with E-state index < -0.39 is 5.82 Å². The minimum atomic E-state index is -0.456. The molecule has 22 heavy (non-hydrogen) atoms. The normalized spacial score (nSPS) is 17.6. The van der Waals surface area contributed by atoms with Gasteiger partial charge in [-0.3, -0.25) is 4.79 Å². The highest BCUT2D eigenvalue weighted by atomic mass is 35.5. The molecule has 1 aliphatic heterocycles. The van der Waals surface area contributed by atoms with Crippen molar-refractivity contribution < 1.29 is 18.7 Å². The monoisotopic (exact) mass is 329 g/mol. The van der Waals surface area contributed by atoms with Crippen molar-refractivity contribution in [1.29, 1.82) is 0 Å². The molecule has 1 aliphatic rings. The molecular weight excluding hydrogens is 309 g/mol. The van der Waals surface area contributed by atoms with Crippen molar-refractivity contribution in [2.45, 2.75) is 31.8 Å². The van der Waals surface area contributed by atoms with Crippen LogP contribution in [0.1, 0.15) is 24.8 Å². The van der Waals surface area contributed by atoms with Gasteiger partial charge in [0.1, 0.15) is 5.82 Å². The minimum Gasteiger partial charge on any atom is -0.379 e. The van der Waals surface area contributed by atoms with Gasteiger partial charge in [-0.15, -0.1) is 0 Å². The zero-order valence-electron chi connectivity index (χ0n) is 12.4. The topological polar surface area (TPSA) is 47.6 Å². The Morgan fingerprint density at radius 2 is 2.36 bits per heavy atom. The lowest BCUT2D eigenvalue weighted by Gasteiger charge is -2.10. The molecule has 1 fully saturated rings. The average Bonchev–Trinajstić information content (AvgIpc) is 3.00. The second-order valence-corrected chi connectivity index (χ2v) is 5.70. The Morgan fingerprint density at radius 3 is 3.09 bits per heavy atom. The van der Waals surface area contributed by atoms with E-state index in [2.05, 4.69) is 5.32 Å². The van der Waals surface area contributed by atoms with Crippen molar-refractivity contribution >= 4 is 17.5 Å². The van der Waals surface area contributed by atoms with Crippen LogP contribution in [0, 0.1) is 5.82 Å². The first-order valence-electron chi connectivity index (χ1n) is 7.55. The molecule has 0 aliphatic carbocycles. The summed E-state index contributed by atoms with van der Waals surface area (Å²) in [6, 6.07) is 4.39. The number of nitrogens with one attached hydrogen (secondary N) is 1. The Hall–Kier alpha value is -1.17. The zero-order valence-corrected chi connectivity index (χ0v) is 13.2. The highest BCUT2D eigenvalue weighted by molar-refractivity contribution is 6.31. The maximum absolute atomic E-state index is 13.6. The van der Waals surface area contributed by atoms with Crippen LogP contribution in [0.3, 0.4) is 0 Å². The van der Waals surface area contributed by atoms with E-state index in [9.17, 15) is 9.18 Å². The number of carbonyl (C=O) groups excluding carboxylic acids is 1. The third kappa shape index (κ3) is 5.55. The smallest absolute Gasteiger partial charge is 0.224 e. The third-order valence-corrected chi connectivity index (χ3v) is 3.87. The summed E-state index contributed by atoms with van der Waals surface area (Å²) in [5, 5.41) is 3.01. The van der Waals surface area contributed by atoms with Crippen LogP contribution < -0.4 is 5.32 Å². The van der Waals surface area contributed by atoms with Crippen LogP contribution >= 0.6 is 11.6 Å². The highest BCUT2D eigenvalue weighted by Gasteiger charge is 2.15. The lowest BCUT2D eigenvalue weighted by atomic mass is 10.1. The predicted molar refractivity (Wildman–Crippen MR) is 82.5 cm³/mol. The molecule has 1 saturated heterocycles. The van der Waals surface area contributed by atoms with Gasteiger partial charge in [0.05, 0.1) is 19.1 Å². The van der Waals surface area contributed by atoms with E-state index in [1.54, 1.807) is 6.07 Å². The molecule has 0 radical (unpaired) electrons. The Labute approximate surface area is 134 Å². The molecule has 1 amide bonds. The lowest BCUT2D eigenvalue weighted by molar-refractivity contribution is -0.120. The molecule has 1 atom stereocenters. The number of ether oxygens (including phenoxy) is 2. The molecule has 2 rings (SSSR count). The number of halogens is 2. The van der Waals surface area contributed by atoms with Crippen LogP contribution in [-0.4, -0.2) is 38.4 Å². The van der Waals surface area contributed by atoms with E-state index in [0.29, 0.717) is 26.2 Å². The van der Waals surface area contributed by atoms with Gasteiger partial charge >= 0.3 is 0 Å². The fraction of sp³-hybridized carbons (Fsp3) is 0.562. The predicted octanol–water partition coefficient (Wildman–Crippen LogP) is 2.72. The summed E-state index contributed by atoms with van der Waals surface area (Å²) in [6.07, 6.45) is 3.03. The molecule has 1 heterocycles. The minimum absolute atomic E-state index is 0.0533. The fourth-order valence-corrected chi connectivity index (χ4v) is 2.55. The number of amides is 1. The van der Waals surface area contributed by atoms with E-state index in [4.69, 9.17) is 21.1 Å². The van der Waals surface area contributed by atoms with Crippen LogP contribution in [0.25, 0.3) is 0 Å². The first-order valence-corrected chi connectivity index (χ1v) is 7.93. The second kappa shape index (κ2) is 9.08. The van der Waals surface area contributed by atoms with Crippen molar-refractivity contribution in [3.05, 3.63) is 34.6 Å². The van der Waals surface area contributed by atoms with Gasteiger partial charge in [0, 0.05) is 30.3 Å². The SMILES string of the molecule is O=C(Cc1c(F)cccc1Cl)NCCCOCC1CCCO1. The molecule has 0 saturated carbocycles. The van der Waals surface area contributed by atoms with Gasteiger partial charge in [0.25, 0.3) is 0 Å². The highest BCUT2D eigenvalue weighted by Crippen LogP contribution is 2.19. The number of rotatable bonds is 8. The third-order valence-electron chi connectivity index (χ3n) is 3.51. The van der Waals surface area contributed by atoms with Crippen LogP contribution in [0.4, 0.5) is 4.39 Å². The van der Waals surface area contributed by atoms with E-state index in [-0.39, 0.29) is 29.0 Å². The number of hydrogen-bond acceptors (Lipinski definition) is 3. The van der Waals surface area contributed by atoms with Crippen LogP contribution in [0.5, 0.6) is 0 Å². The van der Waals surface area contributed by atoms with Crippen LogP contribution in [-0.2, 0) is 20.7 Å². The number of hydrogen-bond donors (Lipinski definition) is 1. The Bertz CT molecular complexity index is 472. The largest absolute Gasteiger partial charge is 0.379 e. The lowest BCUT2D eigenvalue weighted by Crippen LogP contribution is -2.27. The second-order valence-electron chi connectivity index (χ2n) is 5.29. The summed E-state index contributed by atoms with van der Waals surface area (Å²) >= 11 is 5.89. The Kier molecular flexibility index (Phi) is 7.09. The Morgan fingerprint density at radius 1 is 1.50 bits per heavy atom. The quantitative estimate of drug-likeness (QED) is 0.746. The molecule has 1 unspecified atom stereocenters. The van der Waals surface area contributed by atoms with Gasteiger partial charge in [0.2, 0.25) is 5.91 Å². The van der Waals surface area contributed by atoms with E-state index in [1.165, 1.54) is 12.1 Å². The molecule has 0 spiro atoms. The summed E-state index contributed by atoms with van der Waals surface area (Å²) < 4.78 is 24.5. The summed E-state index contributed by atoms with van der Waals surface area (Å²) in [4.78, 5) is 11.8. The van der Waals surface area contributed by atoms with Gasteiger partial charge in [0.15, 0.2) is 0 Å². The molecular formula is C16H21ClFNO3. The molecule has 122 valence electrons.